The summed E-state index contributed by atoms with van der Waals surface area (Å²) in [6.07, 6.45) is 6.30. The van der Waals surface area contributed by atoms with Gasteiger partial charge < -0.3 is 20.0 Å². The molecule has 0 aromatic carbocycles. The normalized spacial score (nSPS) is 17.1. The molecule has 0 aliphatic carbocycles. The lowest BCUT2D eigenvalue weighted by Gasteiger charge is -2.35. The number of anilines is 3. The van der Waals surface area contributed by atoms with E-state index in [-0.39, 0.29) is 5.91 Å². The molecule has 2 aliphatic rings. The van der Waals surface area contributed by atoms with Gasteiger partial charge in [-0.25, -0.2) is 15.0 Å². The summed E-state index contributed by atoms with van der Waals surface area (Å²) in [5.41, 5.74) is 0. The summed E-state index contributed by atoms with van der Waals surface area (Å²) in [5, 5.41) is 3.27. The maximum absolute atomic E-state index is 12.5. The largest absolute Gasteiger partial charge is 0.369 e. The van der Waals surface area contributed by atoms with Crippen molar-refractivity contribution in [2.24, 2.45) is 0 Å². The molecule has 2 saturated heterocycles. The summed E-state index contributed by atoms with van der Waals surface area (Å²) in [5.74, 6) is 2.91. The molecule has 1 amide bonds. The van der Waals surface area contributed by atoms with E-state index in [1.165, 1.54) is 12.8 Å². The van der Waals surface area contributed by atoms with Gasteiger partial charge in [-0.15, -0.1) is 0 Å². The second-order valence-electron chi connectivity index (χ2n) is 7.19. The van der Waals surface area contributed by atoms with Gasteiger partial charge in [-0.05, 0) is 25.0 Å². The Bertz CT molecular complexity index is 771. The third-order valence-electron chi connectivity index (χ3n) is 5.33. The maximum atomic E-state index is 12.5. The first kappa shape index (κ1) is 18.5. The number of aromatic nitrogens is 3. The van der Waals surface area contributed by atoms with Gasteiger partial charge in [0.2, 0.25) is 5.91 Å². The van der Waals surface area contributed by atoms with Gasteiger partial charge in [-0.3, -0.25) is 4.79 Å². The second-order valence-corrected chi connectivity index (χ2v) is 7.19. The Morgan fingerprint density at radius 3 is 2.46 bits per heavy atom. The number of carbonyl (C=O) groups is 1. The third-order valence-corrected chi connectivity index (χ3v) is 5.33. The minimum atomic E-state index is 0.182. The smallest absolute Gasteiger partial charge is 0.224 e. The van der Waals surface area contributed by atoms with Gasteiger partial charge in [0.15, 0.2) is 0 Å². The van der Waals surface area contributed by atoms with Crippen LogP contribution in [0.4, 0.5) is 17.5 Å². The van der Waals surface area contributed by atoms with E-state index in [2.05, 4.69) is 30.1 Å². The van der Waals surface area contributed by atoms with E-state index >= 15 is 0 Å². The molecule has 2 aromatic heterocycles. The molecule has 0 saturated carbocycles. The monoisotopic (exact) mass is 381 g/mol. The number of amides is 1. The zero-order valence-corrected chi connectivity index (χ0v) is 16.1. The molecule has 1 N–H and O–H groups in total. The Hall–Kier alpha value is -2.90. The fourth-order valence-corrected chi connectivity index (χ4v) is 3.74. The lowest BCUT2D eigenvalue weighted by atomic mass is 10.2. The van der Waals surface area contributed by atoms with Crippen molar-refractivity contribution >= 4 is 23.4 Å². The quantitative estimate of drug-likeness (QED) is 0.815. The molecule has 0 atom stereocenters. The van der Waals surface area contributed by atoms with Gasteiger partial charge in [-0.1, -0.05) is 6.07 Å². The van der Waals surface area contributed by atoms with E-state index in [4.69, 9.17) is 0 Å². The molecule has 28 heavy (non-hydrogen) atoms. The average Bonchev–Trinajstić information content (AvgIpc) is 3.30. The number of nitrogens with zero attached hydrogens (tertiary/aromatic N) is 6. The summed E-state index contributed by atoms with van der Waals surface area (Å²) in [6, 6.07) is 7.90. The predicted molar refractivity (Wildman–Crippen MR) is 110 cm³/mol. The summed E-state index contributed by atoms with van der Waals surface area (Å²) >= 11 is 0. The van der Waals surface area contributed by atoms with Crippen LogP contribution >= 0.6 is 0 Å². The molecule has 0 bridgehead atoms. The Kier molecular flexibility index (Phi) is 5.84. The van der Waals surface area contributed by atoms with E-state index in [9.17, 15) is 4.79 Å². The van der Waals surface area contributed by atoms with Gasteiger partial charge in [0, 0.05) is 64.5 Å². The van der Waals surface area contributed by atoms with Gasteiger partial charge in [0.25, 0.3) is 0 Å². The van der Waals surface area contributed by atoms with Crippen molar-refractivity contribution in [3.05, 3.63) is 36.8 Å². The first-order chi connectivity index (χ1) is 13.8. The van der Waals surface area contributed by atoms with Crippen LogP contribution in [0.15, 0.2) is 36.8 Å². The number of hydrogen-bond acceptors (Lipinski definition) is 7. The van der Waals surface area contributed by atoms with Crippen molar-refractivity contribution in [3.63, 3.8) is 0 Å². The van der Waals surface area contributed by atoms with E-state index in [0.29, 0.717) is 13.0 Å². The highest BCUT2D eigenvalue weighted by Crippen LogP contribution is 2.19. The second kappa shape index (κ2) is 8.86. The van der Waals surface area contributed by atoms with Crippen LogP contribution in [-0.4, -0.2) is 71.6 Å². The predicted octanol–water partition coefficient (Wildman–Crippen LogP) is 1.62. The fourth-order valence-electron chi connectivity index (χ4n) is 3.74. The lowest BCUT2D eigenvalue weighted by molar-refractivity contribution is -0.131. The van der Waals surface area contributed by atoms with E-state index in [0.717, 1.165) is 56.7 Å². The first-order valence-corrected chi connectivity index (χ1v) is 10.0. The Labute approximate surface area is 165 Å². The topological polar surface area (TPSA) is 77.5 Å². The molecular formula is C20H27N7O. The fraction of sp³-hybridized carbons (Fsp3) is 0.500. The minimum Gasteiger partial charge on any atom is -0.369 e. The number of carbonyl (C=O) groups excluding carboxylic acids is 1. The molecule has 148 valence electrons. The first-order valence-electron chi connectivity index (χ1n) is 10.0. The maximum Gasteiger partial charge on any atom is 0.224 e. The molecule has 4 rings (SSSR count). The molecule has 4 heterocycles. The van der Waals surface area contributed by atoms with Crippen LogP contribution in [0.1, 0.15) is 19.3 Å². The van der Waals surface area contributed by atoms with Crippen molar-refractivity contribution < 1.29 is 4.79 Å². The SMILES string of the molecule is O=C(CCNc1cc(N2CCCC2)ncn1)N1CCN(c2ccccn2)CC1. The van der Waals surface area contributed by atoms with Crippen LogP contribution in [0.3, 0.4) is 0 Å². The van der Waals surface area contributed by atoms with Crippen LogP contribution in [0.25, 0.3) is 0 Å². The molecule has 2 aliphatic heterocycles. The van der Waals surface area contributed by atoms with Crippen molar-refractivity contribution in [1.29, 1.82) is 0 Å². The highest BCUT2D eigenvalue weighted by atomic mass is 16.2. The minimum absolute atomic E-state index is 0.182. The van der Waals surface area contributed by atoms with Crippen molar-refractivity contribution in [1.82, 2.24) is 19.9 Å². The molecule has 0 radical (unpaired) electrons. The average molecular weight is 381 g/mol. The Morgan fingerprint density at radius 2 is 1.71 bits per heavy atom. The number of nitrogens with one attached hydrogen (secondary N) is 1. The Morgan fingerprint density at radius 1 is 0.929 bits per heavy atom. The Balaban J connectivity index is 1.21. The van der Waals surface area contributed by atoms with Crippen LogP contribution < -0.4 is 15.1 Å². The number of pyridine rings is 1. The van der Waals surface area contributed by atoms with Crippen LogP contribution in [-0.2, 0) is 4.79 Å². The molecule has 2 fully saturated rings. The zero-order valence-electron chi connectivity index (χ0n) is 16.1. The zero-order chi connectivity index (χ0) is 19.2. The summed E-state index contributed by atoms with van der Waals surface area (Å²) in [7, 11) is 0. The number of hydrogen-bond donors (Lipinski definition) is 1. The van der Waals surface area contributed by atoms with Gasteiger partial charge in [-0.2, -0.15) is 0 Å². The van der Waals surface area contributed by atoms with E-state index in [1.807, 2.05) is 29.2 Å². The highest BCUT2D eigenvalue weighted by molar-refractivity contribution is 5.77. The van der Waals surface area contributed by atoms with E-state index in [1.54, 1.807) is 12.5 Å². The molecular weight excluding hydrogens is 354 g/mol. The standard InChI is InChI=1S/C20H27N7O/c28-20(27-13-11-26(12-14-27)18-5-1-2-7-22-18)6-8-21-17-15-19(24-16-23-17)25-9-3-4-10-25/h1-2,5,7,15-16H,3-4,6,8-14H2,(H,21,23,24). The van der Waals surface area contributed by atoms with Gasteiger partial charge in [0.05, 0.1) is 0 Å². The lowest BCUT2D eigenvalue weighted by Crippen LogP contribution is -2.49. The van der Waals surface area contributed by atoms with Gasteiger partial charge in [0.1, 0.15) is 23.8 Å². The van der Waals surface area contributed by atoms with Crippen molar-refractivity contribution in [2.45, 2.75) is 19.3 Å². The molecule has 2 aromatic rings. The number of piperazine rings is 1. The summed E-state index contributed by atoms with van der Waals surface area (Å²) < 4.78 is 0. The van der Waals surface area contributed by atoms with Crippen LogP contribution in [0.2, 0.25) is 0 Å². The summed E-state index contributed by atoms with van der Waals surface area (Å²) in [6.45, 7) is 5.81. The molecule has 8 heteroatoms. The van der Waals surface area contributed by atoms with Gasteiger partial charge >= 0.3 is 0 Å². The highest BCUT2D eigenvalue weighted by Gasteiger charge is 2.21. The third kappa shape index (κ3) is 4.49. The summed E-state index contributed by atoms with van der Waals surface area (Å²) in [4.78, 5) is 32.0. The molecule has 0 unspecified atom stereocenters. The van der Waals surface area contributed by atoms with Crippen molar-refractivity contribution in [2.75, 3.05) is 60.9 Å². The molecule has 0 spiro atoms. The van der Waals surface area contributed by atoms with Crippen LogP contribution in [0.5, 0.6) is 0 Å². The van der Waals surface area contributed by atoms with Crippen LogP contribution in [0, 0.1) is 0 Å². The number of rotatable bonds is 6. The molecule has 8 nitrogen and oxygen atoms in total. The van der Waals surface area contributed by atoms with E-state index < -0.39 is 0 Å². The van der Waals surface area contributed by atoms with Crippen molar-refractivity contribution in [3.8, 4) is 0 Å².